The molecular formula is C18H23ClN2OS. The molecule has 0 saturated heterocycles. The van der Waals surface area contributed by atoms with Crippen LogP contribution in [0, 0.1) is 0 Å². The minimum absolute atomic E-state index is 0.0890. The Labute approximate surface area is 146 Å². The number of hydrogen-bond donors (Lipinski definition) is 2. The first kappa shape index (κ1) is 18.0. The van der Waals surface area contributed by atoms with Crippen LogP contribution >= 0.6 is 22.9 Å². The van der Waals surface area contributed by atoms with Gasteiger partial charge < -0.3 is 11.1 Å². The third kappa shape index (κ3) is 5.98. The molecular weight excluding hydrogens is 328 g/mol. The third-order valence-electron chi connectivity index (χ3n) is 3.69. The highest BCUT2D eigenvalue weighted by molar-refractivity contribution is 7.10. The molecule has 3 N–H and O–H groups in total. The van der Waals surface area contributed by atoms with Gasteiger partial charge in [0.25, 0.3) is 0 Å². The standard InChI is InChI=1S/C18H23ClN2OS/c19-15-10-8-14(9-11-15)18(16-6-5-13-23-16)21-17(22)7-3-1-2-4-12-20/h5-6,8-11,13,18H,1-4,7,12,20H2,(H,21,22). The zero-order chi connectivity index (χ0) is 16.5. The number of nitrogens with two attached hydrogens (primary N) is 1. The summed E-state index contributed by atoms with van der Waals surface area (Å²) in [6, 6.07) is 11.6. The number of hydrogen-bond acceptors (Lipinski definition) is 3. The fraction of sp³-hybridized carbons (Fsp3) is 0.389. The molecule has 0 aliphatic rings. The van der Waals surface area contributed by atoms with Crippen molar-refractivity contribution in [3.8, 4) is 0 Å². The molecule has 1 heterocycles. The molecule has 1 amide bonds. The lowest BCUT2D eigenvalue weighted by Crippen LogP contribution is -2.28. The number of carbonyl (C=O) groups excluding carboxylic acids is 1. The van der Waals surface area contributed by atoms with Gasteiger partial charge in [0.2, 0.25) is 5.91 Å². The maximum atomic E-state index is 12.3. The van der Waals surface area contributed by atoms with E-state index in [-0.39, 0.29) is 11.9 Å². The van der Waals surface area contributed by atoms with E-state index in [9.17, 15) is 4.79 Å². The largest absolute Gasteiger partial charge is 0.344 e. The lowest BCUT2D eigenvalue weighted by atomic mass is 10.0. The van der Waals surface area contributed by atoms with Gasteiger partial charge in [0, 0.05) is 16.3 Å². The fourth-order valence-corrected chi connectivity index (χ4v) is 3.37. The van der Waals surface area contributed by atoms with Crippen molar-refractivity contribution in [3.63, 3.8) is 0 Å². The molecule has 0 spiro atoms. The van der Waals surface area contributed by atoms with E-state index in [0.717, 1.165) is 42.7 Å². The Hall–Kier alpha value is -1.36. The normalized spacial score (nSPS) is 12.1. The SMILES string of the molecule is NCCCCCCC(=O)NC(c1ccc(Cl)cc1)c1cccs1. The van der Waals surface area contributed by atoms with Gasteiger partial charge in [-0.1, -0.05) is 42.6 Å². The van der Waals surface area contributed by atoms with Gasteiger partial charge in [-0.3, -0.25) is 4.79 Å². The molecule has 1 aromatic heterocycles. The third-order valence-corrected chi connectivity index (χ3v) is 4.88. The smallest absolute Gasteiger partial charge is 0.220 e. The Morgan fingerprint density at radius 3 is 2.52 bits per heavy atom. The van der Waals surface area contributed by atoms with Crippen molar-refractivity contribution < 1.29 is 4.79 Å². The highest BCUT2D eigenvalue weighted by atomic mass is 35.5. The zero-order valence-electron chi connectivity index (χ0n) is 13.1. The first-order valence-electron chi connectivity index (χ1n) is 7.99. The van der Waals surface area contributed by atoms with Crippen molar-refractivity contribution in [2.45, 2.75) is 38.1 Å². The quantitative estimate of drug-likeness (QED) is 0.653. The van der Waals surface area contributed by atoms with Gasteiger partial charge in [-0.15, -0.1) is 11.3 Å². The Kier molecular flexibility index (Phi) is 7.59. The molecule has 1 aromatic carbocycles. The lowest BCUT2D eigenvalue weighted by Gasteiger charge is -2.18. The summed E-state index contributed by atoms with van der Waals surface area (Å²) >= 11 is 7.61. The van der Waals surface area contributed by atoms with Crippen molar-refractivity contribution in [1.82, 2.24) is 5.32 Å². The van der Waals surface area contributed by atoms with Crippen molar-refractivity contribution in [3.05, 3.63) is 57.2 Å². The highest BCUT2D eigenvalue weighted by Gasteiger charge is 2.17. The lowest BCUT2D eigenvalue weighted by molar-refractivity contribution is -0.121. The average Bonchev–Trinajstić information content (AvgIpc) is 3.07. The second kappa shape index (κ2) is 9.71. The summed E-state index contributed by atoms with van der Waals surface area (Å²) in [6.45, 7) is 0.725. The van der Waals surface area contributed by atoms with Crippen LogP contribution in [0.1, 0.15) is 48.6 Å². The first-order valence-corrected chi connectivity index (χ1v) is 9.25. The van der Waals surface area contributed by atoms with Gasteiger partial charge in [-0.05, 0) is 48.5 Å². The average molecular weight is 351 g/mol. The minimum Gasteiger partial charge on any atom is -0.344 e. The highest BCUT2D eigenvalue weighted by Crippen LogP contribution is 2.27. The molecule has 23 heavy (non-hydrogen) atoms. The molecule has 5 heteroatoms. The molecule has 0 aliphatic carbocycles. The monoisotopic (exact) mass is 350 g/mol. The second-order valence-electron chi connectivity index (χ2n) is 5.52. The number of nitrogens with one attached hydrogen (secondary N) is 1. The molecule has 2 rings (SSSR count). The Morgan fingerprint density at radius 2 is 1.87 bits per heavy atom. The number of thiophene rings is 1. The van der Waals surface area contributed by atoms with Crippen LogP contribution in [0.2, 0.25) is 5.02 Å². The van der Waals surface area contributed by atoms with Gasteiger partial charge in [0.15, 0.2) is 0 Å². The topological polar surface area (TPSA) is 55.1 Å². The van der Waals surface area contributed by atoms with Crippen molar-refractivity contribution >= 4 is 28.8 Å². The summed E-state index contributed by atoms with van der Waals surface area (Å²) in [4.78, 5) is 13.4. The van der Waals surface area contributed by atoms with E-state index in [2.05, 4.69) is 5.32 Å². The van der Waals surface area contributed by atoms with Crippen molar-refractivity contribution in [2.75, 3.05) is 6.54 Å². The molecule has 3 nitrogen and oxygen atoms in total. The molecule has 0 bridgehead atoms. The van der Waals surface area contributed by atoms with Crippen LogP contribution < -0.4 is 11.1 Å². The molecule has 0 fully saturated rings. The number of benzene rings is 1. The van der Waals surface area contributed by atoms with Gasteiger partial charge in [-0.25, -0.2) is 0 Å². The zero-order valence-corrected chi connectivity index (χ0v) is 14.7. The summed E-state index contributed by atoms with van der Waals surface area (Å²) in [5.41, 5.74) is 6.53. The number of carbonyl (C=O) groups is 1. The first-order chi connectivity index (χ1) is 11.2. The summed E-state index contributed by atoms with van der Waals surface area (Å²) < 4.78 is 0. The van der Waals surface area contributed by atoms with Gasteiger partial charge in [-0.2, -0.15) is 0 Å². The van der Waals surface area contributed by atoms with Crippen LogP contribution in [-0.2, 0) is 4.79 Å². The number of unbranched alkanes of at least 4 members (excludes halogenated alkanes) is 3. The summed E-state index contributed by atoms with van der Waals surface area (Å²) in [7, 11) is 0. The van der Waals surface area contributed by atoms with Gasteiger partial charge in [0.1, 0.15) is 0 Å². The maximum absolute atomic E-state index is 12.3. The van der Waals surface area contributed by atoms with Crippen molar-refractivity contribution in [1.29, 1.82) is 0 Å². The number of halogens is 1. The summed E-state index contributed by atoms with van der Waals surface area (Å²) in [5.74, 6) is 0.0890. The van der Waals surface area contributed by atoms with Crippen LogP contribution in [0.4, 0.5) is 0 Å². The molecule has 124 valence electrons. The fourth-order valence-electron chi connectivity index (χ4n) is 2.45. The van der Waals surface area contributed by atoms with Crippen LogP contribution in [-0.4, -0.2) is 12.5 Å². The van der Waals surface area contributed by atoms with Crippen LogP contribution in [0.5, 0.6) is 0 Å². The van der Waals surface area contributed by atoms with E-state index in [1.165, 1.54) is 0 Å². The minimum atomic E-state index is -0.108. The maximum Gasteiger partial charge on any atom is 0.220 e. The summed E-state index contributed by atoms with van der Waals surface area (Å²) in [5, 5.41) is 5.87. The number of rotatable bonds is 9. The van der Waals surface area contributed by atoms with E-state index in [0.29, 0.717) is 11.4 Å². The summed E-state index contributed by atoms with van der Waals surface area (Å²) in [6.07, 6.45) is 4.64. The van der Waals surface area contributed by atoms with Crippen LogP contribution in [0.25, 0.3) is 0 Å². The predicted molar refractivity (Wildman–Crippen MR) is 97.9 cm³/mol. The number of amides is 1. The van der Waals surface area contributed by atoms with E-state index < -0.39 is 0 Å². The Morgan fingerprint density at radius 1 is 1.13 bits per heavy atom. The molecule has 2 aromatic rings. The van der Waals surface area contributed by atoms with E-state index in [1.807, 2.05) is 41.8 Å². The van der Waals surface area contributed by atoms with E-state index in [1.54, 1.807) is 11.3 Å². The molecule has 1 atom stereocenters. The van der Waals surface area contributed by atoms with Gasteiger partial charge in [0.05, 0.1) is 6.04 Å². The molecule has 0 aliphatic heterocycles. The van der Waals surface area contributed by atoms with Crippen LogP contribution in [0.3, 0.4) is 0 Å². The van der Waals surface area contributed by atoms with E-state index >= 15 is 0 Å². The second-order valence-corrected chi connectivity index (χ2v) is 6.94. The molecule has 1 unspecified atom stereocenters. The van der Waals surface area contributed by atoms with E-state index in [4.69, 9.17) is 17.3 Å². The van der Waals surface area contributed by atoms with Gasteiger partial charge >= 0.3 is 0 Å². The predicted octanol–water partition coefficient (Wildman–Crippen LogP) is 4.52. The van der Waals surface area contributed by atoms with Crippen molar-refractivity contribution in [2.24, 2.45) is 5.73 Å². The van der Waals surface area contributed by atoms with Crippen LogP contribution in [0.15, 0.2) is 41.8 Å². The Balaban J connectivity index is 1.96. The molecule has 0 saturated carbocycles. The molecule has 0 radical (unpaired) electrons. The Bertz CT molecular complexity index is 584.